The summed E-state index contributed by atoms with van der Waals surface area (Å²) in [5.41, 5.74) is 6.63. The van der Waals surface area contributed by atoms with E-state index in [1.165, 1.54) is 16.7 Å². The number of phenols is 1. The number of para-hydroxylation sites is 2. The van der Waals surface area contributed by atoms with Crippen LogP contribution >= 0.6 is 23.4 Å². The van der Waals surface area contributed by atoms with E-state index in [0.717, 1.165) is 38.3 Å². The van der Waals surface area contributed by atoms with Crippen molar-refractivity contribution >= 4 is 46.5 Å². The molecule has 1 aliphatic heterocycles. The maximum absolute atomic E-state index is 10.7. The first kappa shape index (κ1) is 15.9. The lowest BCUT2D eigenvalue weighted by atomic mass is 10.0. The van der Waals surface area contributed by atoms with E-state index in [-0.39, 0.29) is 5.75 Å². The average Bonchev–Trinajstić information content (AvgIpc) is 2.99. The molecule has 0 saturated heterocycles. The fraction of sp³-hybridized carbons (Fsp3) is 0.0909. The largest absolute Gasteiger partial charge is 0.506 e. The Morgan fingerprint density at radius 3 is 2.69 bits per heavy atom. The first-order valence-electron chi connectivity index (χ1n) is 8.50. The van der Waals surface area contributed by atoms with Gasteiger partial charge in [0.05, 0.1) is 11.4 Å². The molecule has 0 saturated carbocycles. The molecule has 26 heavy (non-hydrogen) atoms. The highest BCUT2D eigenvalue weighted by molar-refractivity contribution is 7.99. The lowest BCUT2D eigenvalue weighted by Gasteiger charge is -2.34. The quantitative estimate of drug-likeness (QED) is 0.388. The second kappa shape index (κ2) is 5.83. The Morgan fingerprint density at radius 2 is 1.81 bits per heavy atom. The predicted octanol–water partition coefficient (Wildman–Crippen LogP) is 6.94. The number of rotatable bonds is 1. The van der Waals surface area contributed by atoms with E-state index in [2.05, 4.69) is 36.1 Å². The van der Waals surface area contributed by atoms with Gasteiger partial charge in [-0.3, -0.25) is 0 Å². The zero-order valence-corrected chi connectivity index (χ0v) is 15.7. The normalized spacial score (nSPS) is 14.5. The SMILES string of the molecule is CC1=Cc2c(cc(Cl)cc2N2c3ccccc3Sc3cccc(O)c32)C1. The number of hydrogen-bond donors (Lipinski definition) is 1. The number of phenolic OH excluding ortho intramolecular Hbond substituents is 1. The number of aromatic hydroxyl groups is 1. The van der Waals surface area contributed by atoms with Gasteiger partial charge in [-0.1, -0.05) is 53.2 Å². The second-order valence-electron chi connectivity index (χ2n) is 6.69. The lowest BCUT2D eigenvalue weighted by Crippen LogP contribution is -2.16. The number of benzene rings is 3. The smallest absolute Gasteiger partial charge is 0.140 e. The summed E-state index contributed by atoms with van der Waals surface area (Å²) in [4.78, 5) is 4.35. The van der Waals surface area contributed by atoms with Crippen LogP contribution in [0.3, 0.4) is 0 Å². The molecule has 0 bridgehead atoms. The van der Waals surface area contributed by atoms with Gasteiger partial charge in [0.1, 0.15) is 11.4 Å². The van der Waals surface area contributed by atoms with Crippen LogP contribution in [0.1, 0.15) is 18.1 Å². The van der Waals surface area contributed by atoms with Gasteiger partial charge in [0, 0.05) is 20.4 Å². The van der Waals surface area contributed by atoms with E-state index in [1.54, 1.807) is 17.8 Å². The van der Waals surface area contributed by atoms with Crippen molar-refractivity contribution in [3.63, 3.8) is 0 Å². The van der Waals surface area contributed by atoms with Crippen LogP contribution in [0, 0.1) is 0 Å². The monoisotopic (exact) mass is 377 g/mol. The topological polar surface area (TPSA) is 23.5 Å². The zero-order valence-electron chi connectivity index (χ0n) is 14.2. The van der Waals surface area contributed by atoms with E-state index in [4.69, 9.17) is 11.6 Å². The second-order valence-corrected chi connectivity index (χ2v) is 8.21. The van der Waals surface area contributed by atoms with Gasteiger partial charge in [-0.25, -0.2) is 0 Å². The first-order chi connectivity index (χ1) is 12.6. The molecular formula is C22H16ClNOS. The molecule has 3 aromatic carbocycles. The standard InChI is InChI=1S/C22H16ClNOS/c1-13-9-14-11-15(23)12-18(16(14)10-13)24-17-5-2-3-7-20(17)26-21-8-4-6-19(25)22(21)24/h2-8,10-12,25H,9H2,1H3. The molecule has 1 N–H and O–H groups in total. The molecule has 0 atom stereocenters. The minimum absolute atomic E-state index is 0.275. The molecule has 0 fully saturated rings. The molecule has 0 amide bonds. The molecule has 0 radical (unpaired) electrons. The van der Waals surface area contributed by atoms with Crippen LogP contribution in [0.25, 0.3) is 6.08 Å². The maximum atomic E-state index is 10.7. The molecule has 3 aromatic rings. The summed E-state index contributed by atoms with van der Waals surface area (Å²) in [5.74, 6) is 0.275. The van der Waals surface area contributed by atoms with Crippen molar-refractivity contribution < 1.29 is 5.11 Å². The third-order valence-corrected chi connectivity index (χ3v) is 6.17. The Bertz CT molecular complexity index is 1090. The summed E-state index contributed by atoms with van der Waals surface area (Å²) in [6.07, 6.45) is 3.14. The van der Waals surface area contributed by atoms with Gasteiger partial charge in [0.15, 0.2) is 0 Å². The summed E-state index contributed by atoms with van der Waals surface area (Å²) in [6.45, 7) is 2.14. The van der Waals surface area contributed by atoms with Gasteiger partial charge < -0.3 is 10.0 Å². The van der Waals surface area contributed by atoms with Crippen molar-refractivity contribution in [2.75, 3.05) is 4.90 Å². The molecule has 0 aromatic heterocycles. The van der Waals surface area contributed by atoms with E-state index in [0.29, 0.717) is 0 Å². The average molecular weight is 378 g/mol. The highest BCUT2D eigenvalue weighted by Crippen LogP contribution is 2.55. The molecule has 128 valence electrons. The third-order valence-electron chi connectivity index (χ3n) is 4.84. The number of halogens is 1. The Kier molecular flexibility index (Phi) is 3.56. The van der Waals surface area contributed by atoms with Crippen LogP contribution < -0.4 is 4.90 Å². The van der Waals surface area contributed by atoms with Crippen molar-refractivity contribution in [3.8, 4) is 5.75 Å². The first-order valence-corrected chi connectivity index (χ1v) is 9.70. The third kappa shape index (κ3) is 2.35. The summed E-state index contributed by atoms with van der Waals surface area (Å²) in [7, 11) is 0. The molecule has 2 nitrogen and oxygen atoms in total. The zero-order chi connectivity index (χ0) is 17.8. The van der Waals surface area contributed by atoms with Crippen molar-refractivity contribution in [1.82, 2.24) is 0 Å². The van der Waals surface area contributed by atoms with Gasteiger partial charge in [-0.05, 0) is 55.3 Å². The minimum atomic E-state index is 0.275. The molecule has 5 rings (SSSR count). The van der Waals surface area contributed by atoms with E-state index >= 15 is 0 Å². The van der Waals surface area contributed by atoms with E-state index in [9.17, 15) is 5.11 Å². The molecular weight excluding hydrogens is 362 g/mol. The van der Waals surface area contributed by atoms with Crippen molar-refractivity contribution in [2.45, 2.75) is 23.1 Å². The van der Waals surface area contributed by atoms with Gasteiger partial charge in [-0.2, -0.15) is 0 Å². The maximum Gasteiger partial charge on any atom is 0.140 e. The minimum Gasteiger partial charge on any atom is -0.506 e. The van der Waals surface area contributed by atoms with Crippen LogP contribution in [0.2, 0.25) is 5.02 Å². The van der Waals surface area contributed by atoms with Gasteiger partial charge in [0.25, 0.3) is 0 Å². The predicted molar refractivity (Wildman–Crippen MR) is 109 cm³/mol. The van der Waals surface area contributed by atoms with E-state index in [1.807, 2.05) is 30.3 Å². The van der Waals surface area contributed by atoms with Crippen molar-refractivity contribution in [1.29, 1.82) is 0 Å². The molecule has 0 spiro atoms. The highest BCUT2D eigenvalue weighted by Gasteiger charge is 2.30. The number of anilines is 3. The Hall–Kier alpha value is -2.36. The molecule has 0 unspecified atom stereocenters. The summed E-state index contributed by atoms with van der Waals surface area (Å²) < 4.78 is 0. The molecule has 4 heteroatoms. The Morgan fingerprint density at radius 1 is 1.00 bits per heavy atom. The van der Waals surface area contributed by atoms with Crippen LogP contribution in [0.5, 0.6) is 5.75 Å². The number of allylic oxidation sites excluding steroid dienone is 1. The van der Waals surface area contributed by atoms with Gasteiger partial charge in [-0.15, -0.1) is 0 Å². The van der Waals surface area contributed by atoms with Gasteiger partial charge >= 0.3 is 0 Å². The molecule has 1 heterocycles. The summed E-state index contributed by atoms with van der Waals surface area (Å²) in [6, 6.07) is 18.0. The van der Waals surface area contributed by atoms with Gasteiger partial charge in [0.2, 0.25) is 0 Å². The fourth-order valence-corrected chi connectivity index (χ4v) is 5.11. The van der Waals surface area contributed by atoms with Crippen LogP contribution in [0.4, 0.5) is 17.1 Å². The lowest BCUT2D eigenvalue weighted by molar-refractivity contribution is 0.475. The van der Waals surface area contributed by atoms with E-state index < -0.39 is 0 Å². The van der Waals surface area contributed by atoms with Crippen LogP contribution in [-0.2, 0) is 6.42 Å². The Balaban J connectivity index is 1.84. The molecule has 1 aliphatic carbocycles. The summed E-state index contributed by atoms with van der Waals surface area (Å²) in [5, 5.41) is 11.4. The number of nitrogens with zero attached hydrogens (tertiary/aromatic N) is 1. The molecule has 2 aliphatic rings. The Labute approximate surface area is 161 Å². The van der Waals surface area contributed by atoms with Crippen molar-refractivity contribution in [2.24, 2.45) is 0 Å². The highest BCUT2D eigenvalue weighted by atomic mass is 35.5. The number of hydrogen-bond acceptors (Lipinski definition) is 3. The van der Waals surface area contributed by atoms with Crippen molar-refractivity contribution in [3.05, 3.63) is 76.3 Å². The van der Waals surface area contributed by atoms with Crippen LogP contribution in [-0.4, -0.2) is 5.11 Å². The fourth-order valence-electron chi connectivity index (χ4n) is 3.79. The number of fused-ring (bicyclic) bond motifs is 3. The summed E-state index contributed by atoms with van der Waals surface area (Å²) >= 11 is 8.15. The van der Waals surface area contributed by atoms with Crippen LogP contribution in [0.15, 0.2) is 70.0 Å².